The molecule has 1 aromatic heterocycles. The molecule has 3 aromatic rings. The predicted molar refractivity (Wildman–Crippen MR) is 112 cm³/mol. The number of nitrogens with two attached hydrogens (primary N) is 1. The van der Waals surface area contributed by atoms with Crippen molar-refractivity contribution in [2.45, 2.75) is 44.9 Å². The molecular formula is C23H27N3O2. The molecule has 0 amide bonds. The summed E-state index contributed by atoms with van der Waals surface area (Å²) in [6.07, 6.45) is 5.02. The van der Waals surface area contributed by atoms with E-state index in [0.717, 1.165) is 53.8 Å². The highest BCUT2D eigenvalue weighted by Gasteiger charge is 2.24. The van der Waals surface area contributed by atoms with E-state index in [2.05, 4.69) is 34.2 Å². The summed E-state index contributed by atoms with van der Waals surface area (Å²) < 4.78 is 5.08. The van der Waals surface area contributed by atoms with E-state index in [0.29, 0.717) is 24.9 Å². The summed E-state index contributed by atoms with van der Waals surface area (Å²) in [4.78, 5) is 19.7. The Labute approximate surface area is 165 Å². The van der Waals surface area contributed by atoms with Gasteiger partial charge in [-0.15, -0.1) is 0 Å². The number of aromatic amines is 1. The first-order valence-electron chi connectivity index (χ1n) is 10.1. The minimum atomic E-state index is -0.0529. The summed E-state index contributed by atoms with van der Waals surface area (Å²) in [7, 11) is 0. The minimum Gasteiger partial charge on any atom is -0.466 e. The van der Waals surface area contributed by atoms with E-state index < -0.39 is 0 Å². The SMILES string of the molecule is CCOC(=O)CC1CCC(c2ccc(-c3nc4ccc(N)cc4[nH]3)cc2)CC1. The fourth-order valence-electron chi connectivity index (χ4n) is 4.23. The van der Waals surface area contributed by atoms with Gasteiger partial charge in [-0.2, -0.15) is 0 Å². The monoisotopic (exact) mass is 377 g/mol. The van der Waals surface area contributed by atoms with Crippen LogP contribution in [-0.4, -0.2) is 22.5 Å². The number of nitrogens with zero attached hydrogens (tertiary/aromatic N) is 1. The van der Waals surface area contributed by atoms with Gasteiger partial charge in [-0.05, 0) is 68.2 Å². The first-order chi connectivity index (χ1) is 13.6. The maximum Gasteiger partial charge on any atom is 0.306 e. The highest BCUT2D eigenvalue weighted by molar-refractivity contribution is 5.82. The van der Waals surface area contributed by atoms with Gasteiger partial charge < -0.3 is 15.5 Å². The fourth-order valence-corrected chi connectivity index (χ4v) is 4.23. The number of benzene rings is 2. The van der Waals surface area contributed by atoms with Crippen LogP contribution in [0, 0.1) is 5.92 Å². The lowest BCUT2D eigenvalue weighted by atomic mass is 9.77. The number of fused-ring (bicyclic) bond motifs is 1. The molecular weight excluding hydrogens is 350 g/mol. The van der Waals surface area contributed by atoms with Crippen LogP contribution in [0.2, 0.25) is 0 Å². The zero-order chi connectivity index (χ0) is 19.5. The van der Waals surface area contributed by atoms with E-state index in [9.17, 15) is 4.79 Å². The number of nitrogens with one attached hydrogen (secondary N) is 1. The van der Waals surface area contributed by atoms with Crippen LogP contribution < -0.4 is 5.73 Å². The minimum absolute atomic E-state index is 0.0529. The van der Waals surface area contributed by atoms with Gasteiger partial charge in [0.1, 0.15) is 5.82 Å². The van der Waals surface area contributed by atoms with Crippen molar-refractivity contribution in [2.24, 2.45) is 5.92 Å². The number of imidazole rings is 1. The number of rotatable bonds is 5. The molecule has 2 aromatic carbocycles. The predicted octanol–water partition coefficient (Wildman–Crippen LogP) is 5.04. The third kappa shape index (κ3) is 4.03. The van der Waals surface area contributed by atoms with Crippen molar-refractivity contribution in [2.75, 3.05) is 12.3 Å². The molecule has 0 radical (unpaired) electrons. The number of carbonyl (C=O) groups is 1. The quantitative estimate of drug-likeness (QED) is 0.482. The number of hydrogen-bond donors (Lipinski definition) is 2. The van der Waals surface area contributed by atoms with E-state index in [4.69, 9.17) is 10.5 Å². The highest BCUT2D eigenvalue weighted by atomic mass is 16.5. The average Bonchev–Trinajstić information content (AvgIpc) is 3.12. The lowest BCUT2D eigenvalue weighted by Crippen LogP contribution is -2.17. The van der Waals surface area contributed by atoms with Crippen LogP contribution in [-0.2, 0) is 9.53 Å². The molecule has 0 spiro atoms. The van der Waals surface area contributed by atoms with Gasteiger partial charge in [0.05, 0.1) is 17.6 Å². The number of hydrogen-bond acceptors (Lipinski definition) is 4. The van der Waals surface area contributed by atoms with Crippen LogP contribution in [0.3, 0.4) is 0 Å². The van der Waals surface area contributed by atoms with Gasteiger partial charge in [0, 0.05) is 17.7 Å². The Kier molecular flexibility index (Phi) is 5.33. The number of carbonyl (C=O) groups excluding carboxylic acids is 1. The van der Waals surface area contributed by atoms with Crippen LogP contribution >= 0.6 is 0 Å². The lowest BCUT2D eigenvalue weighted by molar-refractivity contribution is -0.144. The van der Waals surface area contributed by atoms with Gasteiger partial charge in [0.15, 0.2) is 0 Å². The Morgan fingerprint density at radius 1 is 1.14 bits per heavy atom. The van der Waals surface area contributed by atoms with E-state index in [1.165, 1.54) is 5.56 Å². The van der Waals surface area contributed by atoms with Crippen molar-refractivity contribution in [3.8, 4) is 11.4 Å². The van der Waals surface area contributed by atoms with Crippen molar-refractivity contribution in [3.63, 3.8) is 0 Å². The van der Waals surface area contributed by atoms with Gasteiger partial charge in [-0.1, -0.05) is 24.3 Å². The van der Waals surface area contributed by atoms with Crippen LogP contribution in [0.15, 0.2) is 42.5 Å². The molecule has 146 valence electrons. The second kappa shape index (κ2) is 8.05. The largest absolute Gasteiger partial charge is 0.466 e. The van der Waals surface area contributed by atoms with Crippen LogP contribution in [0.5, 0.6) is 0 Å². The summed E-state index contributed by atoms with van der Waals surface area (Å²) in [6, 6.07) is 14.4. The van der Waals surface area contributed by atoms with Crippen molar-refractivity contribution >= 4 is 22.7 Å². The number of nitrogen functional groups attached to an aromatic ring is 1. The standard InChI is InChI=1S/C23H27N3O2/c1-2-28-22(27)13-15-3-5-16(6-4-15)17-7-9-18(10-8-17)23-25-20-12-11-19(24)14-21(20)26-23/h7-12,14-16H,2-6,13,24H2,1H3,(H,25,26). The third-order valence-electron chi connectivity index (χ3n) is 5.77. The molecule has 5 heteroatoms. The van der Waals surface area contributed by atoms with Crippen molar-refractivity contribution in [1.29, 1.82) is 0 Å². The number of ether oxygens (including phenoxy) is 1. The first kappa shape index (κ1) is 18.5. The van der Waals surface area contributed by atoms with Gasteiger partial charge in [-0.25, -0.2) is 4.98 Å². The zero-order valence-electron chi connectivity index (χ0n) is 16.3. The maximum absolute atomic E-state index is 11.7. The van der Waals surface area contributed by atoms with E-state index in [-0.39, 0.29) is 5.97 Å². The Morgan fingerprint density at radius 3 is 2.61 bits per heavy atom. The second-order valence-corrected chi connectivity index (χ2v) is 7.71. The van der Waals surface area contributed by atoms with Crippen LogP contribution in [0.1, 0.15) is 50.5 Å². The summed E-state index contributed by atoms with van der Waals surface area (Å²) >= 11 is 0. The molecule has 4 rings (SSSR count). The summed E-state index contributed by atoms with van der Waals surface area (Å²) in [5, 5.41) is 0. The molecule has 1 aliphatic carbocycles. The summed E-state index contributed by atoms with van der Waals surface area (Å²) in [6.45, 7) is 2.33. The molecule has 0 aliphatic heterocycles. The normalized spacial score (nSPS) is 19.6. The Bertz CT molecular complexity index is 954. The molecule has 3 N–H and O–H groups in total. The van der Waals surface area contributed by atoms with Gasteiger partial charge in [0.25, 0.3) is 0 Å². The smallest absolute Gasteiger partial charge is 0.306 e. The molecule has 1 heterocycles. The van der Waals surface area contributed by atoms with Crippen molar-refractivity contribution in [1.82, 2.24) is 9.97 Å². The number of anilines is 1. The molecule has 0 saturated heterocycles. The molecule has 0 atom stereocenters. The zero-order valence-corrected chi connectivity index (χ0v) is 16.3. The average molecular weight is 377 g/mol. The van der Waals surface area contributed by atoms with Crippen molar-refractivity contribution < 1.29 is 9.53 Å². The van der Waals surface area contributed by atoms with Gasteiger partial charge in [-0.3, -0.25) is 4.79 Å². The number of esters is 1. The molecule has 0 unspecified atom stereocenters. The maximum atomic E-state index is 11.7. The number of aromatic nitrogens is 2. The van der Waals surface area contributed by atoms with E-state index in [1.807, 2.05) is 25.1 Å². The molecule has 1 fully saturated rings. The Hall–Kier alpha value is -2.82. The molecule has 0 bridgehead atoms. The third-order valence-corrected chi connectivity index (χ3v) is 5.77. The summed E-state index contributed by atoms with van der Waals surface area (Å²) in [5.41, 5.74) is 10.9. The first-order valence-corrected chi connectivity index (χ1v) is 10.1. The lowest BCUT2D eigenvalue weighted by Gasteiger charge is -2.28. The number of H-pyrrole nitrogens is 1. The van der Waals surface area contributed by atoms with Gasteiger partial charge >= 0.3 is 5.97 Å². The van der Waals surface area contributed by atoms with E-state index >= 15 is 0 Å². The van der Waals surface area contributed by atoms with Crippen molar-refractivity contribution in [3.05, 3.63) is 48.0 Å². The molecule has 1 aliphatic rings. The molecule has 5 nitrogen and oxygen atoms in total. The highest BCUT2D eigenvalue weighted by Crippen LogP contribution is 2.37. The Balaban J connectivity index is 1.40. The van der Waals surface area contributed by atoms with Crippen LogP contribution in [0.25, 0.3) is 22.4 Å². The Morgan fingerprint density at radius 2 is 1.89 bits per heavy atom. The van der Waals surface area contributed by atoms with E-state index in [1.54, 1.807) is 0 Å². The molecule has 28 heavy (non-hydrogen) atoms. The topological polar surface area (TPSA) is 81.0 Å². The fraction of sp³-hybridized carbons (Fsp3) is 0.391. The summed E-state index contributed by atoms with van der Waals surface area (Å²) in [5.74, 6) is 1.86. The van der Waals surface area contributed by atoms with Crippen LogP contribution in [0.4, 0.5) is 5.69 Å². The molecule has 1 saturated carbocycles. The van der Waals surface area contributed by atoms with Gasteiger partial charge in [0.2, 0.25) is 0 Å². The second-order valence-electron chi connectivity index (χ2n) is 7.71.